The first-order chi connectivity index (χ1) is 12.8. The van der Waals surface area contributed by atoms with Crippen LogP contribution < -0.4 is 15.4 Å². The predicted octanol–water partition coefficient (Wildman–Crippen LogP) is 4.04. The topological polar surface area (TPSA) is 50.4 Å². The lowest BCUT2D eigenvalue weighted by atomic mass is 9.84. The molecule has 2 atom stereocenters. The van der Waals surface area contributed by atoms with Gasteiger partial charge in [-0.2, -0.15) is 0 Å². The Bertz CT molecular complexity index is 612. The van der Waals surface area contributed by atoms with Crippen LogP contribution in [-0.2, 0) is 10.2 Å². The van der Waals surface area contributed by atoms with Gasteiger partial charge in [0.2, 0.25) is 5.91 Å². The van der Waals surface area contributed by atoms with Crippen molar-refractivity contribution in [2.75, 3.05) is 13.2 Å². The minimum Gasteiger partial charge on any atom is -0.493 e. The van der Waals surface area contributed by atoms with E-state index in [4.69, 9.17) is 4.74 Å². The summed E-state index contributed by atoms with van der Waals surface area (Å²) in [6, 6.07) is 9.60. The average molecular weight is 373 g/mol. The van der Waals surface area contributed by atoms with E-state index in [1.54, 1.807) is 0 Å². The summed E-state index contributed by atoms with van der Waals surface area (Å²) in [5.74, 6) is 2.18. The van der Waals surface area contributed by atoms with Gasteiger partial charge in [0.25, 0.3) is 0 Å². The Morgan fingerprint density at radius 2 is 1.81 bits per heavy atom. The zero-order valence-corrected chi connectivity index (χ0v) is 17.4. The molecule has 2 fully saturated rings. The zero-order chi connectivity index (χ0) is 19.4. The number of carbonyl (C=O) groups is 1. The van der Waals surface area contributed by atoms with Crippen molar-refractivity contribution in [1.29, 1.82) is 0 Å². The maximum Gasteiger partial charge on any atom is 0.220 e. The first-order valence-corrected chi connectivity index (χ1v) is 10.6. The summed E-state index contributed by atoms with van der Waals surface area (Å²) in [6.07, 6.45) is 5.56. The molecule has 1 aromatic rings. The van der Waals surface area contributed by atoms with E-state index < -0.39 is 0 Å². The Labute approximate surface area is 164 Å². The Morgan fingerprint density at radius 3 is 2.41 bits per heavy atom. The van der Waals surface area contributed by atoms with E-state index in [2.05, 4.69) is 50.5 Å². The summed E-state index contributed by atoms with van der Waals surface area (Å²) in [5.41, 5.74) is 1.12. The Kier molecular flexibility index (Phi) is 6.46. The van der Waals surface area contributed by atoms with E-state index in [-0.39, 0.29) is 11.3 Å². The summed E-state index contributed by atoms with van der Waals surface area (Å²) < 4.78 is 5.77. The van der Waals surface area contributed by atoms with Crippen LogP contribution in [0.25, 0.3) is 0 Å². The first kappa shape index (κ1) is 20.2. The van der Waals surface area contributed by atoms with E-state index in [1.165, 1.54) is 18.4 Å². The van der Waals surface area contributed by atoms with Crippen molar-refractivity contribution >= 4 is 5.91 Å². The predicted molar refractivity (Wildman–Crippen MR) is 110 cm³/mol. The zero-order valence-electron chi connectivity index (χ0n) is 17.4. The number of rotatable bonds is 8. The fraction of sp³-hybridized carbons (Fsp3) is 0.696. The summed E-state index contributed by atoms with van der Waals surface area (Å²) in [4.78, 5) is 12.5. The number of amides is 1. The van der Waals surface area contributed by atoms with Gasteiger partial charge in [-0.15, -0.1) is 0 Å². The highest BCUT2D eigenvalue weighted by atomic mass is 16.5. The summed E-state index contributed by atoms with van der Waals surface area (Å²) in [5, 5.41) is 6.83. The molecule has 4 nitrogen and oxygen atoms in total. The number of carbonyl (C=O) groups excluding carboxylic acids is 1. The maximum atomic E-state index is 12.5. The Balaban J connectivity index is 1.46. The third-order valence-corrected chi connectivity index (χ3v) is 5.99. The molecule has 1 aromatic carbocycles. The van der Waals surface area contributed by atoms with Crippen LogP contribution in [0.5, 0.6) is 5.75 Å². The molecule has 2 unspecified atom stereocenters. The third kappa shape index (κ3) is 5.71. The molecule has 150 valence electrons. The molecule has 2 bridgehead atoms. The molecule has 0 aliphatic carbocycles. The van der Waals surface area contributed by atoms with Gasteiger partial charge in [0.05, 0.1) is 6.61 Å². The van der Waals surface area contributed by atoms with Crippen LogP contribution in [-0.4, -0.2) is 31.1 Å². The van der Waals surface area contributed by atoms with Crippen molar-refractivity contribution in [3.8, 4) is 5.75 Å². The lowest BCUT2D eigenvalue weighted by Crippen LogP contribution is -2.41. The number of piperidine rings is 1. The van der Waals surface area contributed by atoms with Crippen LogP contribution in [0.15, 0.2) is 24.3 Å². The minimum absolute atomic E-state index is 0.0978. The van der Waals surface area contributed by atoms with Gasteiger partial charge in [-0.05, 0) is 55.2 Å². The summed E-state index contributed by atoms with van der Waals surface area (Å²) >= 11 is 0. The second-order valence-corrected chi connectivity index (χ2v) is 9.57. The van der Waals surface area contributed by atoms with Crippen LogP contribution in [0.4, 0.5) is 0 Å². The average Bonchev–Trinajstić information content (AvgIpc) is 2.97. The summed E-state index contributed by atoms with van der Waals surface area (Å²) in [6.45, 7) is 10.1. The fourth-order valence-corrected chi connectivity index (χ4v) is 4.36. The highest BCUT2D eigenvalue weighted by Crippen LogP contribution is 2.32. The van der Waals surface area contributed by atoms with E-state index in [9.17, 15) is 4.79 Å². The molecular formula is C23H36N2O2. The van der Waals surface area contributed by atoms with Gasteiger partial charge in [0.1, 0.15) is 5.75 Å². The molecule has 2 aliphatic rings. The molecular weight excluding hydrogens is 336 g/mol. The van der Waals surface area contributed by atoms with Crippen molar-refractivity contribution in [1.82, 2.24) is 10.6 Å². The molecule has 3 rings (SSSR count). The van der Waals surface area contributed by atoms with Crippen LogP contribution in [0.2, 0.25) is 0 Å². The molecule has 2 N–H and O–H groups in total. The number of hydrogen-bond donors (Lipinski definition) is 2. The van der Waals surface area contributed by atoms with Gasteiger partial charge in [0.15, 0.2) is 0 Å². The van der Waals surface area contributed by atoms with Crippen molar-refractivity contribution in [3.05, 3.63) is 29.8 Å². The first-order valence-electron chi connectivity index (χ1n) is 10.6. The van der Waals surface area contributed by atoms with Gasteiger partial charge in [-0.1, -0.05) is 39.8 Å². The van der Waals surface area contributed by atoms with Crippen LogP contribution in [0.3, 0.4) is 0 Å². The third-order valence-electron chi connectivity index (χ3n) is 5.99. The summed E-state index contributed by atoms with van der Waals surface area (Å²) in [7, 11) is 0. The lowest BCUT2D eigenvalue weighted by Gasteiger charge is -2.30. The highest BCUT2D eigenvalue weighted by Gasteiger charge is 2.34. The molecule has 2 saturated heterocycles. The maximum absolute atomic E-state index is 12.5. The number of ether oxygens (including phenoxy) is 1. The molecule has 0 saturated carbocycles. The molecule has 27 heavy (non-hydrogen) atoms. The normalized spacial score (nSPS) is 24.9. The van der Waals surface area contributed by atoms with E-state index in [0.29, 0.717) is 36.9 Å². The number of fused-ring (bicyclic) bond motifs is 2. The van der Waals surface area contributed by atoms with E-state index in [0.717, 1.165) is 25.2 Å². The molecule has 0 radical (unpaired) electrons. The van der Waals surface area contributed by atoms with Gasteiger partial charge in [-0.25, -0.2) is 0 Å². The number of nitrogens with one attached hydrogen (secondary N) is 2. The fourth-order valence-electron chi connectivity index (χ4n) is 4.36. The SMILES string of the molecule is CC(C)COc1ccc(C(C)(C)CNC(=O)CC2CC3CCC(C2)N3)cc1. The smallest absolute Gasteiger partial charge is 0.220 e. The second kappa shape index (κ2) is 8.64. The van der Waals surface area contributed by atoms with Gasteiger partial charge in [-0.3, -0.25) is 4.79 Å². The van der Waals surface area contributed by atoms with Crippen LogP contribution >= 0.6 is 0 Å². The molecule has 1 amide bonds. The number of benzene rings is 1. The van der Waals surface area contributed by atoms with Crippen LogP contribution in [0, 0.1) is 11.8 Å². The Hall–Kier alpha value is -1.55. The minimum atomic E-state index is -0.0978. The van der Waals surface area contributed by atoms with Crippen molar-refractivity contribution < 1.29 is 9.53 Å². The molecule has 2 aliphatic heterocycles. The van der Waals surface area contributed by atoms with Crippen LogP contribution in [0.1, 0.15) is 65.4 Å². The second-order valence-electron chi connectivity index (χ2n) is 9.57. The highest BCUT2D eigenvalue weighted by molar-refractivity contribution is 5.76. The molecule has 0 spiro atoms. The van der Waals surface area contributed by atoms with Gasteiger partial charge >= 0.3 is 0 Å². The Morgan fingerprint density at radius 1 is 1.19 bits per heavy atom. The van der Waals surface area contributed by atoms with E-state index >= 15 is 0 Å². The molecule has 0 aromatic heterocycles. The van der Waals surface area contributed by atoms with Crippen molar-refractivity contribution in [2.45, 2.75) is 77.3 Å². The monoisotopic (exact) mass is 372 g/mol. The van der Waals surface area contributed by atoms with Crippen molar-refractivity contribution in [3.63, 3.8) is 0 Å². The largest absolute Gasteiger partial charge is 0.493 e. The lowest BCUT2D eigenvalue weighted by molar-refractivity contribution is -0.122. The molecule has 2 heterocycles. The van der Waals surface area contributed by atoms with E-state index in [1.807, 2.05) is 12.1 Å². The standard InChI is InChI=1S/C23H36N2O2/c1-16(2)14-27-21-9-5-18(6-10-21)23(3,4)15-24-22(26)13-17-11-19-7-8-20(12-17)25-19/h5-6,9-10,16-17,19-20,25H,7-8,11-15H2,1-4H3,(H,24,26). The van der Waals surface area contributed by atoms with Gasteiger partial charge in [0, 0.05) is 30.5 Å². The quantitative estimate of drug-likeness (QED) is 0.724. The molecule has 4 heteroatoms. The number of hydrogen-bond acceptors (Lipinski definition) is 3. The van der Waals surface area contributed by atoms with Gasteiger partial charge < -0.3 is 15.4 Å². The van der Waals surface area contributed by atoms with Crippen molar-refractivity contribution in [2.24, 2.45) is 11.8 Å².